The molecule has 0 saturated carbocycles. The van der Waals surface area contributed by atoms with Gasteiger partial charge in [0.05, 0.1) is 6.04 Å². The number of tetrazole rings is 1. The fourth-order valence-electron chi connectivity index (χ4n) is 3.44. The standard InChI is InChI=1S/C19H21N5O/c1-2-6-17(7-3-1)25-18-10-8-15(9-11-18)19(24-14-21-22-23-24)16-5-4-12-20-13-16/h1-3,6-11,14,16,19-20H,4-5,12-13H2/t16-,19-/m0/s1. The van der Waals surface area contributed by atoms with E-state index >= 15 is 0 Å². The first kappa shape index (κ1) is 15.8. The van der Waals surface area contributed by atoms with Gasteiger partial charge in [0, 0.05) is 6.54 Å². The number of nitrogens with one attached hydrogen (secondary N) is 1. The number of ether oxygens (including phenoxy) is 1. The molecule has 0 unspecified atom stereocenters. The van der Waals surface area contributed by atoms with Gasteiger partial charge in [-0.05, 0) is 65.6 Å². The Morgan fingerprint density at radius 1 is 1.04 bits per heavy atom. The molecule has 6 nitrogen and oxygen atoms in total. The molecule has 3 aromatic rings. The van der Waals surface area contributed by atoms with Crippen molar-refractivity contribution in [2.24, 2.45) is 5.92 Å². The molecule has 0 amide bonds. The number of hydrogen-bond acceptors (Lipinski definition) is 5. The minimum atomic E-state index is 0.133. The second-order valence-electron chi connectivity index (χ2n) is 6.33. The van der Waals surface area contributed by atoms with E-state index in [1.54, 1.807) is 6.33 Å². The molecule has 4 rings (SSSR count). The molecule has 2 heterocycles. The van der Waals surface area contributed by atoms with E-state index in [1.165, 1.54) is 18.4 Å². The highest BCUT2D eigenvalue weighted by molar-refractivity contribution is 5.34. The van der Waals surface area contributed by atoms with Crippen LogP contribution in [0.5, 0.6) is 11.5 Å². The van der Waals surface area contributed by atoms with Crippen LogP contribution in [-0.2, 0) is 0 Å². The molecule has 1 aromatic heterocycles. The predicted octanol–water partition coefficient (Wildman–Crippen LogP) is 3.05. The van der Waals surface area contributed by atoms with Crippen molar-refractivity contribution in [3.63, 3.8) is 0 Å². The Balaban J connectivity index is 1.57. The average Bonchev–Trinajstić information content (AvgIpc) is 3.19. The number of para-hydroxylation sites is 1. The van der Waals surface area contributed by atoms with E-state index in [2.05, 4.69) is 33.0 Å². The fourth-order valence-corrected chi connectivity index (χ4v) is 3.44. The molecule has 1 aliphatic heterocycles. The van der Waals surface area contributed by atoms with Crippen molar-refractivity contribution in [2.45, 2.75) is 18.9 Å². The number of nitrogens with zero attached hydrogens (tertiary/aromatic N) is 4. The lowest BCUT2D eigenvalue weighted by atomic mass is 9.87. The summed E-state index contributed by atoms with van der Waals surface area (Å²) in [5, 5.41) is 15.3. The van der Waals surface area contributed by atoms with Crippen LogP contribution in [0.2, 0.25) is 0 Å². The lowest BCUT2D eigenvalue weighted by molar-refractivity contribution is 0.278. The summed E-state index contributed by atoms with van der Waals surface area (Å²) >= 11 is 0. The van der Waals surface area contributed by atoms with Crippen LogP contribution in [0.1, 0.15) is 24.4 Å². The summed E-state index contributed by atoms with van der Waals surface area (Å²) in [6, 6.07) is 18.2. The molecule has 1 saturated heterocycles. The van der Waals surface area contributed by atoms with Gasteiger partial charge in [-0.1, -0.05) is 30.3 Å². The molecule has 1 N–H and O–H groups in total. The first-order chi connectivity index (χ1) is 12.4. The van der Waals surface area contributed by atoms with Crippen LogP contribution in [0.3, 0.4) is 0 Å². The Kier molecular flexibility index (Phi) is 4.70. The molecule has 0 spiro atoms. The second-order valence-corrected chi connectivity index (χ2v) is 6.33. The van der Waals surface area contributed by atoms with Gasteiger partial charge in [-0.25, -0.2) is 4.68 Å². The number of piperidine rings is 1. The molecular formula is C19H21N5O. The number of hydrogen-bond donors (Lipinski definition) is 1. The van der Waals surface area contributed by atoms with Crippen molar-refractivity contribution in [2.75, 3.05) is 13.1 Å². The smallest absolute Gasteiger partial charge is 0.138 e. The maximum absolute atomic E-state index is 5.89. The molecule has 2 aromatic carbocycles. The maximum atomic E-state index is 5.89. The van der Waals surface area contributed by atoms with Gasteiger partial charge in [0.15, 0.2) is 0 Å². The van der Waals surface area contributed by atoms with E-state index in [0.29, 0.717) is 5.92 Å². The summed E-state index contributed by atoms with van der Waals surface area (Å²) < 4.78 is 7.76. The quantitative estimate of drug-likeness (QED) is 0.776. The highest BCUT2D eigenvalue weighted by Crippen LogP contribution is 2.32. The Bertz CT molecular complexity index is 767. The van der Waals surface area contributed by atoms with Crippen molar-refractivity contribution in [3.05, 3.63) is 66.5 Å². The van der Waals surface area contributed by atoms with Gasteiger partial charge in [-0.2, -0.15) is 0 Å². The van der Waals surface area contributed by atoms with Gasteiger partial charge in [0.1, 0.15) is 17.8 Å². The first-order valence-corrected chi connectivity index (χ1v) is 8.66. The Labute approximate surface area is 146 Å². The summed E-state index contributed by atoms with van der Waals surface area (Å²) in [5.74, 6) is 2.13. The lowest BCUT2D eigenvalue weighted by Gasteiger charge is -2.30. The van der Waals surface area contributed by atoms with E-state index in [-0.39, 0.29) is 6.04 Å². The van der Waals surface area contributed by atoms with Crippen LogP contribution in [-0.4, -0.2) is 33.3 Å². The van der Waals surface area contributed by atoms with E-state index in [4.69, 9.17) is 4.74 Å². The van der Waals surface area contributed by atoms with E-state index in [0.717, 1.165) is 24.6 Å². The van der Waals surface area contributed by atoms with E-state index < -0.39 is 0 Å². The van der Waals surface area contributed by atoms with Gasteiger partial charge in [0.25, 0.3) is 0 Å². The lowest BCUT2D eigenvalue weighted by Crippen LogP contribution is -2.36. The summed E-state index contributed by atoms with van der Waals surface area (Å²) in [5.41, 5.74) is 1.20. The Morgan fingerprint density at radius 2 is 1.84 bits per heavy atom. The van der Waals surface area contributed by atoms with Crippen molar-refractivity contribution < 1.29 is 4.74 Å². The third kappa shape index (κ3) is 3.69. The SMILES string of the molecule is c1ccc(Oc2ccc([C@@H]([C@H]3CCCNC3)n3cnnn3)cc2)cc1. The largest absolute Gasteiger partial charge is 0.457 e. The summed E-state index contributed by atoms with van der Waals surface area (Å²) in [4.78, 5) is 0. The van der Waals surface area contributed by atoms with Gasteiger partial charge < -0.3 is 10.1 Å². The van der Waals surface area contributed by atoms with Gasteiger partial charge in [-0.3, -0.25) is 0 Å². The van der Waals surface area contributed by atoms with Crippen LogP contribution < -0.4 is 10.1 Å². The molecule has 128 valence electrons. The Morgan fingerprint density at radius 3 is 2.52 bits per heavy atom. The zero-order chi connectivity index (χ0) is 16.9. The molecular weight excluding hydrogens is 314 g/mol. The van der Waals surface area contributed by atoms with Crippen LogP contribution in [0, 0.1) is 5.92 Å². The molecule has 1 fully saturated rings. The van der Waals surface area contributed by atoms with Crippen molar-refractivity contribution in [1.29, 1.82) is 0 Å². The van der Waals surface area contributed by atoms with Crippen molar-refractivity contribution >= 4 is 0 Å². The minimum Gasteiger partial charge on any atom is -0.457 e. The van der Waals surface area contributed by atoms with E-state index in [9.17, 15) is 0 Å². The molecule has 0 aliphatic carbocycles. The maximum Gasteiger partial charge on any atom is 0.138 e. The van der Waals surface area contributed by atoms with Crippen LogP contribution >= 0.6 is 0 Å². The molecule has 0 radical (unpaired) electrons. The predicted molar refractivity (Wildman–Crippen MR) is 94.5 cm³/mol. The summed E-state index contributed by atoms with van der Waals surface area (Å²) in [7, 11) is 0. The zero-order valence-electron chi connectivity index (χ0n) is 14.0. The normalized spacial score (nSPS) is 18.6. The third-order valence-corrected chi connectivity index (χ3v) is 4.63. The zero-order valence-corrected chi connectivity index (χ0v) is 14.0. The third-order valence-electron chi connectivity index (χ3n) is 4.63. The van der Waals surface area contributed by atoms with E-state index in [1.807, 2.05) is 47.1 Å². The van der Waals surface area contributed by atoms with Gasteiger partial charge >= 0.3 is 0 Å². The van der Waals surface area contributed by atoms with Crippen LogP contribution in [0.4, 0.5) is 0 Å². The number of rotatable bonds is 5. The highest BCUT2D eigenvalue weighted by Gasteiger charge is 2.27. The molecule has 1 aliphatic rings. The average molecular weight is 335 g/mol. The van der Waals surface area contributed by atoms with Crippen LogP contribution in [0.25, 0.3) is 0 Å². The van der Waals surface area contributed by atoms with Gasteiger partial charge in [-0.15, -0.1) is 5.10 Å². The van der Waals surface area contributed by atoms with Crippen molar-refractivity contribution in [3.8, 4) is 11.5 Å². The molecule has 2 atom stereocenters. The van der Waals surface area contributed by atoms with Crippen LogP contribution in [0.15, 0.2) is 60.9 Å². The minimum absolute atomic E-state index is 0.133. The monoisotopic (exact) mass is 335 g/mol. The number of benzene rings is 2. The molecule has 25 heavy (non-hydrogen) atoms. The summed E-state index contributed by atoms with van der Waals surface area (Å²) in [6.07, 6.45) is 4.05. The fraction of sp³-hybridized carbons (Fsp3) is 0.316. The Hall–Kier alpha value is -2.73. The molecule has 6 heteroatoms. The topological polar surface area (TPSA) is 64.9 Å². The number of aromatic nitrogens is 4. The van der Waals surface area contributed by atoms with Gasteiger partial charge in [0.2, 0.25) is 0 Å². The highest BCUT2D eigenvalue weighted by atomic mass is 16.5. The van der Waals surface area contributed by atoms with Crippen molar-refractivity contribution in [1.82, 2.24) is 25.5 Å². The summed E-state index contributed by atoms with van der Waals surface area (Å²) in [6.45, 7) is 2.06. The molecule has 0 bridgehead atoms. The first-order valence-electron chi connectivity index (χ1n) is 8.66. The second kappa shape index (κ2) is 7.44.